The van der Waals surface area contributed by atoms with Crippen LogP contribution in [0, 0.1) is 0 Å². The zero-order valence-electron chi connectivity index (χ0n) is 15.4. The number of aromatic nitrogens is 4. The first-order valence-corrected chi connectivity index (χ1v) is 9.23. The normalized spacial score (nSPS) is 11.4. The van der Waals surface area contributed by atoms with Crippen LogP contribution < -0.4 is 11.0 Å². The number of rotatable bonds is 4. The largest absolute Gasteiger partial charge is 0.352 e. The highest BCUT2D eigenvalue weighted by molar-refractivity contribution is 6.31. The molecule has 0 bridgehead atoms. The van der Waals surface area contributed by atoms with E-state index in [9.17, 15) is 9.59 Å². The molecule has 4 aromatic rings. The maximum atomic E-state index is 12.6. The van der Waals surface area contributed by atoms with Crippen molar-refractivity contribution in [2.45, 2.75) is 26.3 Å². The first kappa shape index (κ1) is 18.2. The van der Waals surface area contributed by atoms with Crippen LogP contribution in [0.5, 0.6) is 0 Å². The molecule has 1 amide bonds. The van der Waals surface area contributed by atoms with E-state index in [2.05, 4.69) is 29.2 Å². The van der Waals surface area contributed by atoms with Crippen LogP contribution in [-0.2, 0) is 11.3 Å². The summed E-state index contributed by atoms with van der Waals surface area (Å²) in [5.74, 6) is 0.0799. The maximum Gasteiger partial charge on any atom is 0.352 e. The van der Waals surface area contributed by atoms with E-state index in [1.54, 1.807) is 18.2 Å². The molecule has 2 aromatic carbocycles. The number of halogens is 1. The molecule has 7 nitrogen and oxygen atoms in total. The molecule has 28 heavy (non-hydrogen) atoms. The van der Waals surface area contributed by atoms with Crippen molar-refractivity contribution >= 4 is 39.7 Å². The number of nitrogens with zero attached hydrogens (tertiary/aromatic N) is 4. The number of fused-ring (bicyclic) bond motifs is 3. The fourth-order valence-corrected chi connectivity index (χ4v) is 3.19. The Morgan fingerprint density at radius 1 is 1.18 bits per heavy atom. The lowest BCUT2D eigenvalue weighted by atomic mass is 10.0. The zero-order chi connectivity index (χ0) is 19.8. The van der Waals surface area contributed by atoms with Gasteiger partial charge in [0, 0.05) is 16.1 Å². The highest BCUT2D eigenvalue weighted by Gasteiger charge is 2.14. The van der Waals surface area contributed by atoms with Gasteiger partial charge in [0.2, 0.25) is 5.91 Å². The summed E-state index contributed by atoms with van der Waals surface area (Å²) in [6.07, 6.45) is 1.40. The van der Waals surface area contributed by atoms with Gasteiger partial charge in [-0.2, -0.15) is 0 Å². The molecule has 0 atom stereocenters. The van der Waals surface area contributed by atoms with E-state index in [-0.39, 0.29) is 12.5 Å². The number of benzene rings is 2. The average Bonchev–Trinajstić information content (AvgIpc) is 2.98. The van der Waals surface area contributed by atoms with Gasteiger partial charge in [-0.3, -0.25) is 4.79 Å². The molecule has 8 heteroatoms. The minimum absolute atomic E-state index is 0.200. The third-order valence-electron chi connectivity index (χ3n) is 4.54. The second-order valence-electron chi connectivity index (χ2n) is 6.86. The molecule has 2 heterocycles. The van der Waals surface area contributed by atoms with Crippen molar-refractivity contribution in [3.63, 3.8) is 0 Å². The van der Waals surface area contributed by atoms with E-state index in [0.29, 0.717) is 33.2 Å². The van der Waals surface area contributed by atoms with E-state index in [1.807, 2.05) is 24.3 Å². The Morgan fingerprint density at radius 2 is 1.93 bits per heavy atom. The molecule has 0 saturated heterocycles. The number of carbonyl (C=O) groups is 1. The lowest BCUT2D eigenvalue weighted by molar-refractivity contribution is -0.117. The van der Waals surface area contributed by atoms with Crippen LogP contribution in [0.25, 0.3) is 16.6 Å². The number of anilines is 1. The molecule has 0 unspecified atom stereocenters. The molecular weight excluding hydrogens is 378 g/mol. The van der Waals surface area contributed by atoms with Crippen molar-refractivity contribution < 1.29 is 4.79 Å². The SMILES string of the molecule is CC(C)c1ccc(NC(=O)Cn2nc3c4cc(Cl)ccc4ncn3c2=O)cc1. The summed E-state index contributed by atoms with van der Waals surface area (Å²) in [7, 11) is 0. The molecule has 142 valence electrons. The number of hydrogen-bond acceptors (Lipinski definition) is 4. The standard InChI is InChI=1S/C20H18ClN5O2/c1-12(2)13-3-6-15(7-4-13)23-18(27)10-26-20(28)25-11-22-17-8-5-14(21)9-16(17)19(25)24-26/h3-9,11-12H,10H2,1-2H3,(H,23,27). The molecular formula is C20H18ClN5O2. The van der Waals surface area contributed by atoms with Crippen molar-refractivity contribution in [1.29, 1.82) is 0 Å². The van der Waals surface area contributed by atoms with Crippen LogP contribution >= 0.6 is 11.6 Å². The van der Waals surface area contributed by atoms with Crippen molar-refractivity contribution in [2.24, 2.45) is 0 Å². The van der Waals surface area contributed by atoms with Gasteiger partial charge in [0.25, 0.3) is 0 Å². The second-order valence-corrected chi connectivity index (χ2v) is 7.30. The maximum absolute atomic E-state index is 12.6. The summed E-state index contributed by atoms with van der Waals surface area (Å²) < 4.78 is 2.43. The smallest absolute Gasteiger partial charge is 0.324 e. The molecule has 1 N–H and O–H groups in total. The van der Waals surface area contributed by atoms with Crippen LogP contribution in [0.1, 0.15) is 25.3 Å². The van der Waals surface area contributed by atoms with Crippen molar-refractivity contribution in [1.82, 2.24) is 19.2 Å². The Kier molecular flexibility index (Phi) is 4.60. The monoisotopic (exact) mass is 395 g/mol. The van der Waals surface area contributed by atoms with Crippen LogP contribution in [0.3, 0.4) is 0 Å². The van der Waals surface area contributed by atoms with Gasteiger partial charge in [-0.25, -0.2) is 18.9 Å². The summed E-state index contributed by atoms with van der Waals surface area (Å²) in [6, 6.07) is 12.8. The third-order valence-corrected chi connectivity index (χ3v) is 4.77. The summed E-state index contributed by atoms with van der Waals surface area (Å²) in [5.41, 5.74) is 2.50. The fraction of sp³-hybridized carbons (Fsp3) is 0.200. The predicted molar refractivity (Wildman–Crippen MR) is 109 cm³/mol. The molecule has 0 saturated carbocycles. The Morgan fingerprint density at radius 3 is 2.64 bits per heavy atom. The number of carbonyl (C=O) groups excluding carboxylic acids is 1. The fourth-order valence-electron chi connectivity index (χ4n) is 3.02. The molecule has 0 radical (unpaired) electrons. The van der Waals surface area contributed by atoms with Crippen molar-refractivity contribution in [2.75, 3.05) is 5.32 Å². The van der Waals surface area contributed by atoms with Gasteiger partial charge in [0.1, 0.15) is 12.9 Å². The first-order valence-electron chi connectivity index (χ1n) is 8.85. The molecule has 0 aliphatic rings. The van der Waals surface area contributed by atoms with E-state index in [4.69, 9.17) is 11.6 Å². The third kappa shape index (κ3) is 3.36. The molecule has 0 aliphatic heterocycles. The molecule has 2 aromatic heterocycles. The van der Waals surface area contributed by atoms with Gasteiger partial charge in [-0.05, 0) is 41.8 Å². The van der Waals surface area contributed by atoms with Gasteiger partial charge >= 0.3 is 5.69 Å². The number of nitrogens with one attached hydrogen (secondary N) is 1. The summed E-state index contributed by atoms with van der Waals surface area (Å²) in [6.45, 7) is 4.01. The number of amides is 1. The van der Waals surface area contributed by atoms with E-state index < -0.39 is 5.69 Å². The van der Waals surface area contributed by atoms with Crippen molar-refractivity contribution in [3.8, 4) is 0 Å². The van der Waals surface area contributed by atoms with Gasteiger partial charge < -0.3 is 5.32 Å². The first-order chi connectivity index (χ1) is 13.4. The summed E-state index contributed by atoms with van der Waals surface area (Å²) >= 11 is 6.06. The second kappa shape index (κ2) is 7.09. The minimum Gasteiger partial charge on any atom is -0.324 e. The summed E-state index contributed by atoms with van der Waals surface area (Å²) in [5, 5.41) is 8.27. The Balaban J connectivity index is 1.61. The van der Waals surface area contributed by atoms with Crippen LogP contribution in [0.15, 0.2) is 53.6 Å². The quantitative estimate of drug-likeness (QED) is 0.573. The van der Waals surface area contributed by atoms with E-state index in [1.165, 1.54) is 16.3 Å². The zero-order valence-corrected chi connectivity index (χ0v) is 16.1. The van der Waals surface area contributed by atoms with Crippen molar-refractivity contribution in [3.05, 3.63) is 69.9 Å². The predicted octanol–water partition coefficient (Wildman–Crippen LogP) is 3.46. The van der Waals surface area contributed by atoms with E-state index in [0.717, 1.165) is 4.68 Å². The Hall–Kier alpha value is -3.19. The highest BCUT2D eigenvalue weighted by Crippen LogP contribution is 2.20. The lowest BCUT2D eigenvalue weighted by Gasteiger charge is -2.08. The molecule has 0 spiro atoms. The van der Waals surface area contributed by atoms with Crippen LogP contribution in [-0.4, -0.2) is 25.1 Å². The Bertz CT molecular complexity index is 1240. The van der Waals surface area contributed by atoms with Gasteiger partial charge in [-0.15, -0.1) is 5.10 Å². The molecule has 4 rings (SSSR count). The Labute approximate surface area is 165 Å². The van der Waals surface area contributed by atoms with Crippen LogP contribution in [0.2, 0.25) is 5.02 Å². The average molecular weight is 396 g/mol. The lowest BCUT2D eigenvalue weighted by Crippen LogP contribution is -2.28. The van der Waals surface area contributed by atoms with E-state index >= 15 is 0 Å². The van der Waals surface area contributed by atoms with Gasteiger partial charge in [0.05, 0.1) is 5.52 Å². The molecule has 0 fully saturated rings. The minimum atomic E-state index is -0.435. The number of hydrogen-bond donors (Lipinski definition) is 1. The summed E-state index contributed by atoms with van der Waals surface area (Å²) in [4.78, 5) is 29.2. The van der Waals surface area contributed by atoms with Crippen LogP contribution in [0.4, 0.5) is 5.69 Å². The van der Waals surface area contributed by atoms with Gasteiger partial charge in [0.15, 0.2) is 5.65 Å². The van der Waals surface area contributed by atoms with Gasteiger partial charge in [-0.1, -0.05) is 37.6 Å². The topological polar surface area (TPSA) is 81.3 Å². The highest BCUT2D eigenvalue weighted by atomic mass is 35.5. The molecule has 0 aliphatic carbocycles.